The Kier molecular flexibility index (Phi) is 4.55. The van der Waals surface area contributed by atoms with Crippen molar-refractivity contribution in [3.8, 4) is 0 Å². The maximum atomic E-state index is 12.1. The lowest BCUT2D eigenvalue weighted by molar-refractivity contribution is -0.131. The monoisotopic (exact) mass is 285 g/mol. The van der Waals surface area contributed by atoms with Crippen molar-refractivity contribution in [2.24, 2.45) is 0 Å². The first kappa shape index (κ1) is 14.1. The molecule has 21 heavy (non-hydrogen) atoms. The zero-order valence-electron chi connectivity index (χ0n) is 12.4. The third-order valence-corrected chi connectivity index (χ3v) is 4.23. The van der Waals surface area contributed by atoms with Crippen molar-refractivity contribution in [2.45, 2.75) is 32.2 Å². The van der Waals surface area contributed by atoms with E-state index in [2.05, 4.69) is 34.6 Å². The van der Waals surface area contributed by atoms with Gasteiger partial charge in [0, 0.05) is 49.7 Å². The summed E-state index contributed by atoms with van der Waals surface area (Å²) in [6, 6.07) is 8.38. The van der Waals surface area contributed by atoms with E-state index in [1.54, 1.807) is 0 Å². The number of fused-ring (bicyclic) bond motifs is 1. The minimum atomic E-state index is 0.294. The number of H-pyrrole nitrogens is 1. The van der Waals surface area contributed by atoms with Gasteiger partial charge in [0.2, 0.25) is 5.91 Å². The van der Waals surface area contributed by atoms with Crippen LogP contribution in [-0.2, 0) is 11.3 Å². The van der Waals surface area contributed by atoms with Crippen LogP contribution in [0.25, 0.3) is 10.9 Å². The number of piperidine rings is 1. The number of carbonyl (C=O) groups excluding carboxylic acids is 1. The quantitative estimate of drug-likeness (QED) is 0.830. The number of hydrogen-bond acceptors (Lipinski definition) is 2. The lowest BCUT2D eigenvalue weighted by Gasteiger charge is -2.26. The van der Waals surface area contributed by atoms with Gasteiger partial charge < -0.3 is 15.2 Å². The van der Waals surface area contributed by atoms with Crippen molar-refractivity contribution in [1.82, 2.24) is 15.2 Å². The molecule has 1 aliphatic heterocycles. The molecular weight excluding hydrogens is 262 g/mol. The Morgan fingerprint density at radius 2 is 2.05 bits per heavy atom. The van der Waals surface area contributed by atoms with Crippen LogP contribution in [0, 0.1) is 0 Å². The third kappa shape index (κ3) is 3.45. The number of aromatic nitrogens is 1. The Balaban J connectivity index is 1.46. The van der Waals surface area contributed by atoms with Gasteiger partial charge in [-0.25, -0.2) is 0 Å². The number of nitrogens with one attached hydrogen (secondary N) is 2. The number of aromatic amines is 1. The van der Waals surface area contributed by atoms with Crippen LogP contribution in [0.3, 0.4) is 0 Å². The van der Waals surface area contributed by atoms with Crippen LogP contribution >= 0.6 is 0 Å². The lowest BCUT2D eigenvalue weighted by Crippen LogP contribution is -2.37. The second kappa shape index (κ2) is 6.76. The first-order valence-corrected chi connectivity index (χ1v) is 7.88. The van der Waals surface area contributed by atoms with Crippen LogP contribution in [0.15, 0.2) is 30.5 Å². The molecule has 2 N–H and O–H groups in total. The summed E-state index contributed by atoms with van der Waals surface area (Å²) in [6.07, 6.45) is 6.16. The predicted octanol–water partition coefficient (Wildman–Crippen LogP) is 2.66. The maximum absolute atomic E-state index is 12.1. The second-order valence-corrected chi connectivity index (χ2v) is 5.72. The molecule has 1 aromatic carbocycles. The molecule has 1 aliphatic rings. The molecule has 0 aliphatic carbocycles. The summed E-state index contributed by atoms with van der Waals surface area (Å²) in [4.78, 5) is 17.3. The van der Waals surface area contributed by atoms with E-state index < -0.39 is 0 Å². The predicted molar refractivity (Wildman–Crippen MR) is 85.1 cm³/mol. The highest BCUT2D eigenvalue weighted by Gasteiger charge is 2.15. The highest BCUT2D eigenvalue weighted by Crippen LogP contribution is 2.17. The standard InChI is InChI=1S/C17H23N3O/c21-17(20-11-2-1-3-12-20)8-9-18-13-14-5-4-6-16-15(14)7-10-19-16/h4-7,10,18-19H,1-3,8-9,11-13H2. The molecule has 0 radical (unpaired) electrons. The molecule has 4 heteroatoms. The Labute approximate surface area is 125 Å². The van der Waals surface area contributed by atoms with E-state index >= 15 is 0 Å². The lowest BCUT2D eigenvalue weighted by atomic mass is 10.1. The van der Waals surface area contributed by atoms with Gasteiger partial charge in [-0.05, 0) is 37.0 Å². The number of amides is 1. The molecule has 1 amide bonds. The third-order valence-electron chi connectivity index (χ3n) is 4.23. The molecule has 4 nitrogen and oxygen atoms in total. The molecule has 3 rings (SSSR count). The van der Waals surface area contributed by atoms with Crippen molar-refractivity contribution in [1.29, 1.82) is 0 Å². The maximum Gasteiger partial charge on any atom is 0.223 e. The molecule has 0 spiro atoms. The first-order chi connectivity index (χ1) is 10.3. The molecular formula is C17H23N3O. The Bertz CT molecular complexity index is 599. The fourth-order valence-corrected chi connectivity index (χ4v) is 3.02. The molecule has 0 saturated carbocycles. The van der Waals surface area contributed by atoms with E-state index in [0.29, 0.717) is 12.3 Å². The minimum absolute atomic E-state index is 0.294. The van der Waals surface area contributed by atoms with Crippen molar-refractivity contribution in [3.63, 3.8) is 0 Å². The van der Waals surface area contributed by atoms with E-state index in [0.717, 1.165) is 39.0 Å². The fraction of sp³-hybridized carbons (Fsp3) is 0.471. The van der Waals surface area contributed by atoms with E-state index in [-0.39, 0.29) is 0 Å². The van der Waals surface area contributed by atoms with Crippen molar-refractivity contribution in [2.75, 3.05) is 19.6 Å². The Hall–Kier alpha value is -1.81. The van der Waals surface area contributed by atoms with Gasteiger partial charge in [-0.2, -0.15) is 0 Å². The normalized spacial score (nSPS) is 15.5. The summed E-state index contributed by atoms with van der Waals surface area (Å²) in [6.45, 7) is 3.45. The fourth-order valence-electron chi connectivity index (χ4n) is 3.02. The van der Waals surface area contributed by atoms with Gasteiger partial charge in [-0.3, -0.25) is 4.79 Å². The summed E-state index contributed by atoms with van der Waals surface area (Å²) >= 11 is 0. The summed E-state index contributed by atoms with van der Waals surface area (Å²) < 4.78 is 0. The topological polar surface area (TPSA) is 48.1 Å². The number of rotatable bonds is 5. The minimum Gasteiger partial charge on any atom is -0.361 e. The van der Waals surface area contributed by atoms with E-state index in [1.165, 1.54) is 22.9 Å². The average molecular weight is 285 g/mol. The SMILES string of the molecule is O=C(CCNCc1cccc2[nH]ccc12)N1CCCCC1. The van der Waals surface area contributed by atoms with Gasteiger partial charge in [0.15, 0.2) is 0 Å². The number of likely N-dealkylation sites (tertiary alicyclic amines) is 1. The first-order valence-electron chi connectivity index (χ1n) is 7.88. The van der Waals surface area contributed by atoms with Gasteiger partial charge >= 0.3 is 0 Å². The van der Waals surface area contributed by atoms with Gasteiger partial charge in [-0.15, -0.1) is 0 Å². The highest BCUT2D eigenvalue weighted by atomic mass is 16.2. The second-order valence-electron chi connectivity index (χ2n) is 5.72. The number of hydrogen-bond donors (Lipinski definition) is 2. The summed E-state index contributed by atoms with van der Waals surface area (Å²) in [5.41, 5.74) is 2.44. The molecule has 0 unspecified atom stereocenters. The Morgan fingerprint density at radius 3 is 2.90 bits per heavy atom. The smallest absolute Gasteiger partial charge is 0.223 e. The Morgan fingerprint density at radius 1 is 1.19 bits per heavy atom. The van der Waals surface area contributed by atoms with Crippen molar-refractivity contribution < 1.29 is 4.79 Å². The largest absolute Gasteiger partial charge is 0.361 e. The van der Waals surface area contributed by atoms with Crippen molar-refractivity contribution in [3.05, 3.63) is 36.0 Å². The molecule has 112 valence electrons. The molecule has 0 bridgehead atoms. The van der Waals surface area contributed by atoms with E-state index in [4.69, 9.17) is 0 Å². The van der Waals surface area contributed by atoms with Crippen LogP contribution in [0.1, 0.15) is 31.2 Å². The highest BCUT2D eigenvalue weighted by molar-refractivity contribution is 5.82. The summed E-state index contributed by atoms with van der Waals surface area (Å²) in [7, 11) is 0. The van der Waals surface area contributed by atoms with Crippen LogP contribution < -0.4 is 5.32 Å². The van der Waals surface area contributed by atoms with Crippen LogP contribution in [0.5, 0.6) is 0 Å². The molecule has 0 atom stereocenters. The van der Waals surface area contributed by atoms with E-state index in [9.17, 15) is 4.79 Å². The molecule has 1 aromatic heterocycles. The summed E-state index contributed by atoms with van der Waals surface area (Å²) in [5, 5.41) is 4.65. The van der Waals surface area contributed by atoms with Crippen LogP contribution in [0.2, 0.25) is 0 Å². The van der Waals surface area contributed by atoms with Gasteiger partial charge in [0.1, 0.15) is 0 Å². The molecule has 2 aromatic rings. The number of nitrogens with zero attached hydrogens (tertiary/aromatic N) is 1. The van der Waals surface area contributed by atoms with E-state index in [1.807, 2.05) is 11.1 Å². The van der Waals surface area contributed by atoms with Crippen molar-refractivity contribution >= 4 is 16.8 Å². The van der Waals surface area contributed by atoms with Crippen LogP contribution in [-0.4, -0.2) is 35.4 Å². The number of benzene rings is 1. The summed E-state index contributed by atoms with van der Waals surface area (Å²) in [5.74, 6) is 0.294. The zero-order valence-corrected chi connectivity index (χ0v) is 12.4. The molecule has 1 saturated heterocycles. The van der Waals surface area contributed by atoms with Crippen LogP contribution in [0.4, 0.5) is 0 Å². The zero-order chi connectivity index (χ0) is 14.5. The molecule has 1 fully saturated rings. The number of carbonyl (C=O) groups is 1. The van der Waals surface area contributed by atoms with Gasteiger partial charge in [0.25, 0.3) is 0 Å². The van der Waals surface area contributed by atoms with Gasteiger partial charge in [-0.1, -0.05) is 12.1 Å². The average Bonchev–Trinajstić information content (AvgIpc) is 3.01. The van der Waals surface area contributed by atoms with Gasteiger partial charge in [0.05, 0.1) is 0 Å². The molecule has 2 heterocycles.